The van der Waals surface area contributed by atoms with Gasteiger partial charge in [-0.2, -0.15) is 0 Å². The lowest BCUT2D eigenvalue weighted by atomic mass is 10.1. The molecule has 14 heavy (non-hydrogen) atoms. The number of carbonyl (C=O) groups is 1. The minimum absolute atomic E-state index is 0.0116. The molecule has 1 aromatic rings. The van der Waals surface area contributed by atoms with Gasteiger partial charge in [-0.1, -0.05) is 29.8 Å². The van der Waals surface area contributed by atoms with E-state index in [9.17, 15) is 4.79 Å². The Bertz CT molecular complexity index is 374. The molecule has 1 aromatic carbocycles. The fourth-order valence-electron chi connectivity index (χ4n) is 1.42. The van der Waals surface area contributed by atoms with E-state index < -0.39 is 0 Å². The summed E-state index contributed by atoms with van der Waals surface area (Å²) in [5, 5.41) is 0. The van der Waals surface area contributed by atoms with Gasteiger partial charge in [0.05, 0.1) is 6.61 Å². The van der Waals surface area contributed by atoms with Crippen LogP contribution in [0.1, 0.15) is 22.3 Å². The summed E-state index contributed by atoms with van der Waals surface area (Å²) in [5.41, 5.74) is 1.85. The van der Waals surface area contributed by atoms with Gasteiger partial charge in [0.1, 0.15) is 0 Å². The van der Waals surface area contributed by atoms with Crippen LogP contribution in [0.15, 0.2) is 36.1 Å². The van der Waals surface area contributed by atoms with Gasteiger partial charge < -0.3 is 4.74 Å². The summed E-state index contributed by atoms with van der Waals surface area (Å²) in [5.74, 6) is 0.483. The van der Waals surface area contributed by atoms with Crippen molar-refractivity contribution in [1.82, 2.24) is 0 Å². The molecule has 2 rings (SSSR count). The smallest absolute Gasteiger partial charge is 0.227 e. The van der Waals surface area contributed by atoms with Crippen LogP contribution in [0, 0.1) is 6.92 Å². The van der Waals surface area contributed by atoms with Crippen molar-refractivity contribution < 1.29 is 9.53 Å². The van der Waals surface area contributed by atoms with Gasteiger partial charge in [-0.05, 0) is 13.0 Å². The number of rotatable bonds is 2. The number of carbonyl (C=O) groups excluding carboxylic acids is 1. The number of hydrogen-bond donors (Lipinski definition) is 0. The first-order valence-corrected chi connectivity index (χ1v) is 4.72. The van der Waals surface area contributed by atoms with Crippen LogP contribution in [0.5, 0.6) is 0 Å². The highest BCUT2D eigenvalue weighted by atomic mass is 16.5. The Morgan fingerprint density at radius 1 is 1.29 bits per heavy atom. The Hall–Kier alpha value is -1.57. The van der Waals surface area contributed by atoms with Crippen molar-refractivity contribution in [3.63, 3.8) is 0 Å². The largest absolute Gasteiger partial charge is 0.489 e. The van der Waals surface area contributed by atoms with Crippen molar-refractivity contribution in [3.8, 4) is 0 Å². The zero-order valence-electron chi connectivity index (χ0n) is 8.12. The second kappa shape index (κ2) is 3.66. The third-order valence-corrected chi connectivity index (χ3v) is 2.24. The third-order valence-electron chi connectivity index (χ3n) is 2.24. The molecule has 0 bridgehead atoms. The molecular weight excluding hydrogens is 176 g/mol. The van der Waals surface area contributed by atoms with Gasteiger partial charge in [0.25, 0.3) is 0 Å². The molecule has 1 aliphatic rings. The predicted molar refractivity (Wildman–Crippen MR) is 54.2 cm³/mol. The molecule has 0 fully saturated rings. The highest BCUT2D eigenvalue weighted by Crippen LogP contribution is 2.15. The predicted octanol–water partition coefficient (Wildman–Crippen LogP) is 2.48. The summed E-state index contributed by atoms with van der Waals surface area (Å²) in [6.07, 6.45) is 2.69. The van der Waals surface area contributed by atoms with Crippen molar-refractivity contribution in [1.29, 1.82) is 0 Å². The van der Waals surface area contributed by atoms with Gasteiger partial charge in [0, 0.05) is 12.0 Å². The molecule has 0 amide bonds. The summed E-state index contributed by atoms with van der Waals surface area (Å²) >= 11 is 0. The molecule has 0 unspecified atom stereocenters. The van der Waals surface area contributed by atoms with Crippen LogP contribution < -0.4 is 0 Å². The van der Waals surface area contributed by atoms with Crippen LogP contribution in [-0.2, 0) is 4.74 Å². The number of hydrogen-bond acceptors (Lipinski definition) is 2. The lowest BCUT2D eigenvalue weighted by Gasteiger charge is -2.02. The maximum Gasteiger partial charge on any atom is 0.227 e. The SMILES string of the molecule is Cc1ccc(C(=O)C2=CCCO2)cc1. The fourth-order valence-corrected chi connectivity index (χ4v) is 1.42. The molecule has 0 saturated carbocycles. The molecule has 0 atom stereocenters. The second-order valence-electron chi connectivity index (χ2n) is 3.40. The number of ether oxygens (including phenoxy) is 1. The molecule has 1 heterocycles. The van der Waals surface area contributed by atoms with Crippen LogP contribution in [0.4, 0.5) is 0 Å². The van der Waals surface area contributed by atoms with E-state index in [1.807, 2.05) is 37.3 Å². The van der Waals surface area contributed by atoms with Crippen molar-refractivity contribution in [2.75, 3.05) is 6.61 Å². The zero-order chi connectivity index (χ0) is 9.97. The number of aryl methyl sites for hydroxylation is 1. The van der Waals surface area contributed by atoms with Crippen LogP contribution in [0.3, 0.4) is 0 Å². The van der Waals surface area contributed by atoms with E-state index in [4.69, 9.17) is 4.74 Å². The maximum atomic E-state index is 11.8. The molecule has 0 aromatic heterocycles. The first kappa shape index (κ1) is 9.00. The molecule has 0 radical (unpaired) electrons. The van der Waals surface area contributed by atoms with Gasteiger partial charge in [-0.15, -0.1) is 0 Å². The Morgan fingerprint density at radius 2 is 2.00 bits per heavy atom. The lowest BCUT2D eigenvalue weighted by Crippen LogP contribution is -2.03. The summed E-state index contributed by atoms with van der Waals surface area (Å²) in [6.45, 7) is 2.63. The zero-order valence-corrected chi connectivity index (χ0v) is 8.12. The first-order valence-electron chi connectivity index (χ1n) is 4.72. The summed E-state index contributed by atoms with van der Waals surface area (Å²) < 4.78 is 5.21. The van der Waals surface area contributed by atoms with Crippen molar-refractivity contribution in [3.05, 3.63) is 47.2 Å². The van der Waals surface area contributed by atoms with Gasteiger partial charge >= 0.3 is 0 Å². The van der Waals surface area contributed by atoms with Crippen LogP contribution in [0.2, 0.25) is 0 Å². The molecule has 2 heteroatoms. The van der Waals surface area contributed by atoms with Gasteiger partial charge in [-0.3, -0.25) is 4.79 Å². The van der Waals surface area contributed by atoms with Crippen LogP contribution >= 0.6 is 0 Å². The molecule has 0 aliphatic carbocycles. The van der Waals surface area contributed by atoms with Gasteiger partial charge in [0.2, 0.25) is 5.78 Å². The molecule has 0 saturated heterocycles. The third kappa shape index (κ3) is 1.69. The minimum Gasteiger partial charge on any atom is -0.489 e. The normalized spacial score (nSPS) is 14.8. The summed E-state index contributed by atoms with van der Waals surface area (Å²) in [4.78, 5) is 11.8. The maximum absolute atomic E-state index is 11.8. The van der Waals surface area contributed by atoms with E-state index in [1.165, 1.54) is 0 Å². The Labute approximate surface area is 83.2 Å². The molecule has 0 spiro atoms. The Morgan fingerprint density at radius 3 is 2.57 bits per heavy atom. The van der Waals surface area contributed by atoms with E-state index in [1.54, 1.807) is 0 Å². The Kier molecular flexibility index (Phi) is 2.35. The lowest BCUT2D eigenvalue weighted by molar-refractivity contribution is 0.0942. The Balaban J connectivity index is 2.22. The van der Waals surface area contributed by atoms with Crippen molar-refractivity contribution in [2.45, 2.75) is 13.3 Å². The first-order chi connectivity index (χ1) is 6.77. The molecular formula is C12H12O2. The number of benzene rings is 1. The summed E-state index contributed by atoms with van der Waals surface area (Å²) in [6, 6.07) is 7.53. The average Bonchev–Trinajstić information content (AvgIpc) is 2.71. The van der Waals surface area contributed by atoms with E-state index in [2.05, 4.69) is 0 Å². The number of ketones is 1. The highest BCUT2D eigenvalue weighted by molar-refractivity contribution is 6.07. The van der Waals surface area contributed by atoms with Crippen LogP contribution in [-0.4, -0.2) is 12.4 Å². The fraction of sp³-hybridized carbons (Fsp3) is 0.250. The highest BCUT2D eigenvalue weighted by Gasteiger charge is 2.16. The number of Topliss-reactive ketones (excluding diaryl/α,β-unsaturated/α-hetero) is 1. The van der Waals surface area contributed by atoms with E-state index >= 15 is 0 Å². The van der Waals surface area contributed by atoms with E-state index in [0.717, 1.165) is 12.0 Å². The van der Waals surface area contributed by atoms with E-state index in [-0.39, 0.29) is 5.78 Å². The van der Waals surface area contributed by atoms with Gasteiger partial charge in [-0.25, -0.2) is 0 Å². The molecule has 1 aliphatic heterocycles. The van der Waals surface area contributed by atoms with Crippen molar-refractivity contribution in [2.24, 2.45) is 0 Å². The number of allylic oxidation sites excluding steroid dienone is 1. The quantitative estimate of drug-likeness (QED) is 0.666. The molecule has 72 valence electrons. The van der Waals surface area contributed by atoms with Crippen LogP contribution in [0.25, 0.3) is 0 Å². The molecule has 2 nitrogen and oxygen atoms in total. The average molecular weight is 188 g/mol. The minimum atomic E-state index is -0.0116. The monoisotopic (exact) mass is 188 g/mol. The van der Waals surface area contributed by atoms with Gasteiger partial charge in [0.15, 0.2) is 5.76 Å². The molecule has 0 N–H and O–H groups in total. The topological polar surface area (TPSA) is 26.3 Å². The summed E-state index contributed by atoms with van der Waals surface area (Å²) in [7, 11) is 0. The van der Waals surface area contributed by atoms with E-state index in [0.29, 0.717) is 17.9 Å². The standard InChI is InChI=1S/C12H12O2/c1-9-4-6-10(7-5-9)12(13)11-3-2-8-14-11/h3-7H,2,8H2,1H3. The second-order valence-corrected chi connectivity index (χ2v) is 3.40. The van der Waals surface area contributed by atoms with Crippen molar-refractivity contribution >= 4 is 5.78 Å².